The molecular weight excluding hydrogens is 474 g/mol. The fourth-order valence-electron chi connectivity index (χ4n) is 3.43. The molecule has 0 aliphatic carbocycles. The van der Waals surface area contributed by atoms with Gasteiger partial charge in [0, 0.05) is 18.1 Å². The van der Waals surface area contributed by atoms with Crippen molar-refractivity contribution in [2.75, 3.05) is 23.7 Å². The highest BCUT2D eigenvalue weighted by Gasteiger charge is 2.30. The van der Waals surface area contributed by atoms with Crippen molar-refractivity contribution in [3.05, 3.63) is 64.7 Å². The van der Waals surface area contributed by atoms with Crippen molar-refractivity contribution in [2.45, 2.75) is 52.6 Å². The lowest BCUT2D eigenvalue weighted by atomic mass is 9.87. The Hall–Kier alpha value is -2.58. The molecule has 0 aromatic heterocycles. The van der Waals surface area contributed by atoms with E-state index in [-0.39, 0.29) is 17.9 Å². The molecule has 0 spiro atoms. The van der Waals surface area contributed by atoms with Crippen LogP contribution in [0.2, 0.25) is 5.02 Å². The second-order valence-corrected chi connectivity index (χ2v) is 11.6. The highest BCUT2D eigenvalue weighted by molar-refractivity contribution is 7.92. The Morgan fingerprint density at radius 3 is 2.06 bits per heavy atom. The highest BCUT2D eigenvalue weighted by atomic mass is 35.5. The standard InChI is InChI=1S/C25H34ClN3O4S/c1-7-27-24(31)18(2)28(16-19-8-12-21(26)13-9-19)23(30)17-29(34(6,32)33)22-14-10-20(11-15-22)25(3,4)5/h8-15,18H,7,16-17H2,1-6H3,(H,27,31)/t18-/m1/s1. The van der Waals surface area contributed by atoms with Gasteiger partial charge in [-0.3, -0.25) is 13.9 Å². The fraction of sp³-hybridized carbons (Fsp3) is 0.440. The largest absolute Gasteiger partial charge is 0.355 e. The molecule has 0 unspecified atom stereocenters. The first-order valence-corrected chi connectivity index (χ1v) is 13.4. The maximum atomic E-state index is 13.4. The number of hydrogen-bond donors (Lipinski definition) is 1. The zero-order chi connectivity index (χ0) is 25.7. The maximum Gasteiger partial charge on any atom is 0.244 e. The SMILES string of the molecule is CCNC(=O)[C@@H](C)N(Cc1ccc(Cl)cc1)C(=O)CN(c1ccc(C(C)(C)C)cc1)S(C)(=O)=O. The molecule has 1 N–H and O–H groups in total. The fourth-order valence-corrected chi connectivity index (χ4v) is 4.41. The van der Waals surface area contributed by atoms with Crippen molar-refractivity contribution >= 4 is 39.1 Å². The predicted molar refractivity (Wildman–Crippen MR) is 137 cm³/mol. The number of likely N-dealkylation sites (N-methyl/N-ethyl adjacent to an activating group) is 1. The second-order valence-electron chi connectivity index (χ2n) is 9.29. The van der Waals surface area contributed by atoms with E-state index in [9.17, 15) is 18.0 Å². The molecule has 0 fully saturated rings. The van der Waals surface area contributed by atoms with Gasteiger partial charge in [0.1, 0.15) is 12.6 Å². The van der Waals surface area contributed by atoms with Crippen molar-refractivity contribution in [3.63, 3.8) is 0 Å². The van der Waals surface area contributed by atoms with Crippen molar-refractivity contribution in [1.82, 2.24) is 10.2 Å². The molecule has 1 atom stereocenters. The Bertz CT molecular complexity index is 1090. The number of amides is 2. The van der Waals surface area contributed by atoms with Gasteiger partial charge in [0.25, 0.3) is 0 Å². The Labute approximate surface area is 208 Å². The van der Waals surface area contributed by atoms with Crippen molar-refractivity contribution in [2.24, 2.45) is 0 Å². The van der Waals surface area contributed by atoms with Crippen LogP contribution in [0.1, 0.15) is 45.7 Å². The summed E-state index contributed by atoms with van der Waals surface area (Å²) in [6.45, 7) is 9.75. The summed E-state index contributed by atoms with van der Waals surface area (Å²) < 4.78 is 26.3. The number of nitrogens with zero attached hydrogens (tertiary/aromatic N) is 2. The molecule has 0 heterocycles. The minimum Gasteiger partial charge on any atom is -0.355 e. The molecule has 0 bridgehead atoms. The van der Waals surface area contributed by atoms with E-state index >= 15 is 0 Å². The maximum absolute atomic E-state index is 13.4. The molecule has 2 rings (SSSR count). The van der Waals surface area contributed by atoms with Gasteiger partial charge in [-0.25, -0.2) is 8.42 Å². The lowest BCUT2D eigenvalue weighted by molar-refractivity contribution is -0.139. The van der Waals surface area contributed by atoms with Crippen LogP contribution in [-0.2, 0) is 31.6 Å². The van der Waals surface area contributed by atoms with Gasteiger partial charge < -0.3 is 10.2 Å². The molecule has 0 radical (unpaired) electrons. The molecule has 0 aliphatic rings. The van der Waals surface area contributed by atoms with E-state index in [1.165, 1.54) is 4.90 Å². The van der Waals surface area contributed by atoms with E-state index in [4.69, 9.17) is 11.6 Å². The number of carbonyl (C=O) groups excluding carboxylic acids is 2. The minimum absolute atomic E-state index is 0.0955. The normalized spacial score (nSPS) is 12.7. The smallest absolute Gasteiger partial charge is 0.244 e. The Morgan fingerprint density at radius 2 is 1.59 bits per heavy atom. The highest BCUT2D eigenvalue weighted by Crippen LogP contribution is 2.26. The molecule has 186 valence electrons. The van der Waals surface area contributed by atoms with Crippen LogP contribution in [0.4, 0.5) is 5.69 Å². The molecule has 0 aliphatic heterocycles. The summed E-state index contributed by atoms with van der Waals surface area (Å²) in [6, 6.07) is 13.3. The Kier molecular flexibility index (Phi) is 9.14. The lowest BCUT2D eigenvalue weighted by Crippen LogP contribution is -2.51. The molecule has 34 heavy (non-hydrogen) atoms. The average molecular weight is 508 g/mol. The number of benzene rings is 2. The quantitative estimate of drug-likeness (QED) is 0.556. The van der Waals surface area contributed by atoms with Crippen LogP contribution < -0.4 is 9.62 Å². The van der Waals surface area contributed by atoms with Crippen LogP contribution in [0.15, 0.2) is 48.5 Å². The summed E-state index contributed by atoms with van der Waals surface area (Å²) in [7, 11) is -3.76. The molecule has 0 saturated heterocycles. The lowest BCUT2D eigenvalue weighted by Gasteiger charge is -2.31. The second kappa shape index (κ2) is 11.2. The monoisotopic (exact) mass is 507 g/mol. The zero-order valence-corrected chi connectivity index (χ0v) is 22.2. The number of nitrogens with one attached hydrogen (secondary N) is 1. The summed E-state index contributed by atoms with van der Waals surface area (Å²) in [5.41, 5.74) is 2.11. The third-order valence-electron chi connectivity index (χ3n) is 5.48. The molecule has 7 nitrogen and oxygen atoms in total. The number of carbonyl (C=O) groups is 2. The molecular formula is C25H34ClN3O4S. The Balaban J connectivity index is 2.38. The van der Waals surface area contributed by atoms with Gasteiger partial charge >= 0.3 is 0 Å². The van der Waals surface area contributed by atoms with Gasteiger partial charge in [-0.05, 0) is 54.7 Å². The van der Waals surface area contributed by atoms with Crippen LogP contribution in [0.5, 0.6) is 0 Å². The van der Waals surface area contributed by atoms with Crippen LogP contribution >= 0.6 is 11.6 Å². The van der Waals surface area contributed by atoms with E-state index < -0.39 is 28.5 Å². The molecule has 9 heteroatoms. The van der Waals surface area contributed by atoms with Crippen LogP contribution in [0.3, 0.4) is 0 Å². The first-order chi connectivity index (χ1) is 15.7. The Morgan fingerprint density at radius 1 is 1.03 bits per heavy atom. The van der Waals surface area contributed by atoms with Crippen molar-refractivity contribution < 1.29 is 18.0 Å². The topological polar surface area (TPSA) is 86.8 Å². The van der Waals surface area contributed by atoms with E-state index in [2.05, 4.69) is 26.1 Å². The number of halogens is 1. The van der Waals surface area contributed by atoms with Gasteiger partial charge in [-0.15, -0.1) is 0 Å². The van der Waals surface area contributed by atoms with E-state index in [0.717, 1.165) is 21.7 Å². The molecule has 2 amide bonds. The molecule has 0 saturated carbocycles. The van der Waals surface area contributed by atoms with Gasteiger partial charge in [0.15, 0.2) is 0 Å². The summed E-state index contributed by atoms with van der Waals surface area (Å²) in [4.78, 5) is 27.4. The third kappa shape index (κ3) is 7.46. The molecule has 2 aromatic carbocycles. The van der Waals surface area contributed by atoms with Gasteiger partial charge in [-0.1, -0.05) is 56.6 Å². The summed E-state index contributed by atoms with van der Waals surface area (Å²) >= 11 is 5.97. The third-order valence-corrected chi connectivity index (χ3v) is 6.88. The van der Waals surface area contributed by atoms with Crippen LogP contribution in [0, 0.1) is 0 Å². The van der Waals surface area contributed by atoms with Gasteiger partial charge in [-0.2, -0.15) is 0 Å². The van der Waals surface area contributed by atoms with Crippen LogP contribution in [-0.4, -0.2) is 50.5 Å². The number of rotatable bonds is 9. The average Bonchev–Trinajstić information content (AvgIpc) is 2.75. The first-order valence-electron chi connectivity index (χ1n) is 11.1. The van der Waals surface area contributed by atoms with Gasteiger partial charge in [0.05, 0.1) is 11.9 Å². The predicted octanol–water partition coefficient (Wildman–Crippen LogP) is 3.96. The van der Waals surface area contributed by atoms with Gasteiger partial charge in [0.2, 0.25) is 21.8 Å². The summed E-state index contributed by atoms with van der Waals surface area (Å²) in [5, 5.41) is 3.28. The number of anilines is 1. The van der Waals surface area contributed by atoms with E-state index in [1.807, 2.05) is 12.1 Å². The van der Waals surface area contributed by atoms with E-state index in [1.54, 1.807) is 50.2 Å². The number of hydrogen-bond acceptors (Lipinski definition) is 4. The number of sulfonamides is 1. The minimum atomic E-state index is -3.76. The zero-order valence-electron chi connectivity index (χ0n) is 20.6. The van der Waals surface area contributed by atoms with Crippen LogP contribution in [0.25, 0.3) is 0 Å². The van der Waals surface area contributed by atoms with Crippen molar-refractivity contribution in [1.29, 1.82) is 0 Å². The molecule has 2 aromatic rings. The van der Waals surface area contributed by atoms with Crippen molar-refractivity contribution in [3.8, 4) is 0 Å². The van der Waals surface area contributed by atoms with E-state index in [0.29, 0.717) is 17.3 Å². The first kappa shape index (κ1) is 27.7. The summed E-state index contributed by atoms with van der Waals surface area (Å²) in [5.74, 6) is -0.802. The summed E-state index contributed by atoms with van der Waals surface area (Å²) in [6.07, 6.45) is 1.06.